The van der Waals surface area contributed by atoms with Crippen LogP contribution in [0.4, 0.5) is 0 Å². The van der Waals surface area contributed by atoms with Gasteiger partial charge in [-0.15, -0.1) is 0 Å². The number of hydrogen-bond acceptors (Lipinski definition) is 13. The van der Waals surface area contributed by atoms with E-state index in [0.717, 1.165) is 0 Å². The summed E-state index contributed by atoms with van der Waals surface area (Å²) in [6, 6.07) is 5.93. The van der Waals surface area contributed by atoms with Gasteiger partial charge in [-0.25, -0.2) is 9.78 Å². The maximum atomic E-state index is 15.0. The third kappa shape index (κ3) is 14.8. The second-order valence-corrected chi connectivity index (χ2v) is 19.6. The summed E-state index contributed by atoms with van der Waals surface area (Å²) in [7, 11) is 1.41. The zero-order chi connectivity index (χ0) is 55.1. The Morgan fingerprint density at radius 2 is 1.33 bits per heavy atom. The van der Waals surface area contributed by atoms with Gasteiger partial charge in [-0.05, 0) is 74.6 Å². The number of likely N-dealkylation sites (tertiary alicyclic amines) is 2. The first-order chi connectivity index (χ1) is 36.3. The second-order valence-electron chi connectivity index (χ2n) is 19.6. The number of guanidine groups is 1. The number of aromatic amines is 1. The van der Waals surface area contributed by atoms with Crippen molar-refractivity contribution in [3.05, 3.63) is 83.9 Å². The molecule has 25 nitrogen and oxygen atoms in total. The number of carboxylic acid groups (broad SMARTS) is 2. The van der Waals surface area contributed by atoms with Crippen LogP contribution in [0.5, 0.6) is 5.75 Å². The number of nitrogens with two attached hydrogens (primary N) is 3. The number of imidazole rings is 1. The number of amides is 7. The first kappa shape index (κ1) is 57.2. The zero-order valence-electron chi connectivity index (χ0n) is 42.4. The predicted molar refractivity (Wildman–Crippen MR) is 273 cm³/mol. The fraction of sp³-hybridized carbons (Fsp3) is 0.510. The number of H-pyrrole nitrogens is 1. The number of rotatable bonds is 25. The van der Waals surface area contributed by atoms with E-state index >= 15 is 4.79 Å². The molecular formula is C51H69N13O12. The zero-order valence-corrected chi connectivity index (χ0v) is 42.4. The van der Waals surface area contributed by atoms with Crippen LogP contribution in [0, 0.1) is 0 Å². The van der Waals surface area contributed by atoms with Crippen molar-refractivity contribution in [1.29, 1.82) is 0 Å². The minimum Gasteiger partial charge on any atom is -0.508 e. The van der Waals surface area contributed by atoms with E-state index in [1.807, 2.05) is 0 Å². The molecule has 3 aliphatic rings. The number of benzene rings is 2. The molecule has 6 rings (SSSR count). The number of hydrogen-bond donors (Lipinski definition) is 11. The van der Waals surface area contributed by atoms with Crippen LogP contribution in [0.2, 0.25) is 0 Å². The number of aliphatic carboxylic acids is 2. The summed E-state index contributed by atoms with van der Waals surface area (Å²) in [5, 5.41) is 40.3. The molecule has 0 spiro atoms. The molecule has 76 heavy (non-hydrogen) atoms. The van der Waals surface area contributed by atoms with Crippen molar-refractivity contribution in [2.75, 3.05) is 26.7 Å². The van der Waals surface area contributed by atoms with Crippen LogP contribution in [-0.2, 0) is 62.4 Å². The lowest BCUT2D eigenvalue weighted by molar-refractivity contribution is -0.150. The van der Waals surface area contributed by atoms with E-state index in [4.69, 9.17) is 17.2 Å². The number of phenolic OH excluding ortho intramolecular Hbond substituents is 1. The number of nitrogens with zero attached hydrogens (tertiary/aromatic N) is 5. The normalized spacial score (nSPS) is 18.8. The Morgan fingerprint density at radius 3 is 1.88 bits per heavy atom. The van der Waals surface area contributed by atoms with Crippen molar-refractivity contribution in [3.8, 4) is 5.75 Å². The fourth-order valence-electron chi connectivity index (χ4n) is 10.2. The van der Waals surface area contributed by atoms with Crippen molar-refractivity contribution in [3.63, 3.8) is 0 Å². The van der Waals surface area contributed by atoms with Crippen LogP contribution in [0.25, 0.3) is 0 Å². The van der Waals surface area contributed by atoms with Gasteiger partial charge in [-0.3, -0.25) is 43.3 Å². The summed E-state index contributed by atoms with van der Waals surface area (Å²) < 4.78 is 0. The molecule has 25 heteroatoms. The van der Waals surface area contributed by atoms with Crippen molar-refractivity contribution in [2.45, 2.75) is 138 Å². The van der Waals surface area contributed by atoms with Gasteiger partial charge in [0.1, 0.15) is 47.5 Å². The van der Waals surface area contributed by atoms with Crippen LogP contribution in [0.3, 0.4) is 0 Å². The number of nitrogens with one attached hydrogen (secondary N) is 5. The SMILES string of the molecule is CN(C(=O)[C@H](CCCN=C(N)N)NC(=O)[C@@H](N)CC(=O)O)C1(C(=O)N[C@@H](Cc2ccc(O)cc2)C(=O)N2CCC[C@H]2C(=O)N[C@@H](Cc2cnc[nH]2)C(=O)N2CCC[C@H]2C(=O)N[C@@H](Cc2ccccc2)C(=O)O)CCCC1. The average Bonchev–Trinajstić information content (AvgIpc) is 4.26. The number of phenols is 1. The van der Waals surface area contributed by atoms with Gasteiger partial charge in [0.2, 0.25) is 41.4 Å². The summed E-state index contributed by atoms with van der Waals surface area (Å²) in [5.74, 6) is -7.70. The Hall–Kier alpha value is -8.09. The van der Waals surface area contributed by atoms with Gasteiger partial charge in [-0.2, -0.15) is 0 Å². The molecule has 1 aromatic heterocycles. The second kappa shape index (κ2) is 26.4. The highest BCUT2D eigenvalue weighted by Crippen LogP contribution is 2.36. The first-order valence-electron chi connectivity index (χ1n) is 25.4. The van der Waals surface area contributed by atoms with E-state index in [1.54, 1.807) is 42.5 Å². The maximum absolute atomic E-state index is 15.0. The van der Waals surface area contributed by atoms with Gasteiger partial charge in [0.05, 0.1) is 18.8 Å². The van der Waals surface area contributed by atoms with Crippen molar-refractivity contribution in [2.24, 2.45) is 22.2 Å². The minimum atomic E-state index is -1.54. The standard InChI is InChI=1S/C51H69N13O12/c1-62(45(71)35(12-7-21-56-50(53)54)58-42(68)34(52)27-41(66)67)51(19-5-6-20-51)49(76)61-36(24-31-15-17-33(65)18-16-31)46(72)63-22-8-13-39(63)43(69)59-37(26-32-28-55-29-57-32)47(73)64-23-9-14-40(64)44(70)60-38(48(74)75)25-30-10-3-2-4-11-30/h2-4,10-11,15-18,28-29,34-40,65H,5-9,12-14,19-27,52H2,1H3,(H,55,57)(H,58,68)(H,59,69)(H,60,70)(H,61,76)(H,66,67)(H,74,75)(H4,53,54,56)/t34-,35-,36-,37-,38-,39-,40-/m0/s1. The van der Waals surface area contributed by atoms with E-state index in [-0.39, 0.29) is 89.1 Å². The van der Waals surface area contributed by atoms with Crippen LogP contribution in [0.15, 0.2) is 72.1 Å². The fourth-order valence-corrected chi connectivity index (χ4v) is 10.2. The summed E-state index contributed by atoms with van der Waals surface area (Å²) in [6.45, 7) is 0.322. The molecular weight excluding hydrogens is 987 g/mol. The van der Waals surface area contributed by atoms with Crippen molar-refractivity contribution in [1.82, 2.24) is 45.9 Å². The third-order valence-corrected chi connectivity index (χ3v) is 14.3. The maximum Gasteiger partial charge on any atom is 0.326 e. The molecule has 2 aromatic carbocycles. The molecule has 14 N–H and O–H groups in total. The molecule has 3 fully saturated rings. The van der Waals surface area contributed by atoms with E-state index in [0.29, 0.717) is 42.5 Å². The van der Waals surface area contributed by atoms with Gasteiger partial charge in [0, 0.05) is 57.8 Å². The highest BCUT2D eigenvalue weighted by Gasteiger charge is 2.50. The Labute approximate surface area is 438 Å². The van der Waals surface area contributed by atoms with Crippen LogP contribution >= 0.6 is 0 Å². The first-order valence-corrected chi connectivity index (χ1v) is 25.4. The number of aliphatic imine (C=N–C) groups is 1. The van der Waals surface area contributed by atoms with Gasteiger partial charge in [0.15, 0.2) is 5.96 Å². The molecule has 0 bridgehead atoms. The lowest BCUT2D eigenvalue weighted by atomic mass is 9.91. The number of carbonyl (C=O) groups is 9. The number of aromatic nitrogens is 2. The minimum absolute atomic E-state index is 0.00842. The predicted octanol–water partition coefficient (Wildman–Crippen LogP) is -1.22. The average molecular weight is 1060 g/mol. The monoisotopic (exact) mass is 1060 g/mol. The molecule has 3 heterocycles. The Bertz CT molecular complexity index is 2570. The van der Waals surface area contributed by atoms with Crippen molar-refractivity contribution >= 4 is 59.2 Å². The smallest absolute Gasteiger partial charge is 0.326 e. The molecule has 410 valence electrons. The lowest BCUT2D eigenvalue weighted by Crippen LogP contribution is -2.64. The van der Waals surface area contributed by atoms with E-state index < -0.39 is 108 Å². The van der Waals surface area contributed by atoms with Gasteiger partial charge < -0.3 is 73.5 Å². The van der Waals surface area contributed by atoms with Gasteiger partial charge in [0.25, 0.3) is 0 Å². The topological polar surface area (TPSA) is 391 Å². The summed E-state index contributed by atoms with van der Waals surface area (Å²) >= 11 is 0. The number of likely N-dealkylation sites (N-methyl/N-ethyl adjacent to an activating group) is 1. The Balaban J connectivity index is 1.22. The highest BCUT2D eigenvalue weighted by atomic mass is 16.4. The number of carbonyl (C=O) groups excluding carboxylic acids is 7. The summed E-state index contributed by atoms with van der Waals surface area (Å²) in [6.07, 6.45) is 4.76. The van der Waals surface area contributed by atoms with E-state index in [1.165, 1.54) is 46.4 Å². The highest BCUT2D eigenvalue weighted by molar-refractivity contribution is 5.99. The van der Waals surface area contributed by atoms with Crippen LogP contribution < -0.4 is 38.5 Å². The molecule has 0 unspecified atom stereocenters. The van der Waals surface area contributed by atoms with Crippen LogP contribution in [0.1, 0.15) is 87.4 Å². The van der Waals surface area contributed by atoms with E-state index in [9.17, 15) is 53.7 Å². The Kier molecular flexibility index (Phi) is 19.9. The molecule has 1 saturated carbocycles. The number of aromatic hydroxyl groups is 1. The quantitative estimate of drug-likeness (QED) is 0.0269. The Morgan fingerprint density at radius 1 is 0.763 bits per heavy atom. The molecule has 1 aliphatic carbocycles. The molecule has 3 aromatic rings. The van der Waals surface area contributed by atoms with Crippen molar-refractivity contribution < 1.29 is 58.5 Å². The molecule has 7 amide bonds. The van der Waals surface area contributed by atoms with Gasteiger partial charge >= 0.3 is 11.9 Å². The molecule has 2 saturated heterocycles. The molecule has 2 aliphatic heterocycles. The van der Waals surface area contributed by atoms with E-state index in [2.05, 4.69) is 36.2 Å². The molecule has 7 atom stereocenters. The lowest BCUT2D eigenvalue weighted by Gasteiger charge is -2.40. The number of carboxylic acids is 2. The third-order valence-electron chi connectivity index (χ3n) is 14.3. The molecule has 0 radical (unpaired) electrons. The van der Waals surface area contributed by atoms with Gasteiger partial charge in [-0.1, -0.05) is 55.3 Å². The summed E-state index contributed by atoms with van der Waals surface area (Å²) in [4.78, 5) is 139. The summed E-state index contributed by atoms with van der Waals surface area (Å²) in [5.41, 5.74) is 17.0. The van der Waals surface area contributed by atoms with Crippen LogP contribution in [-0.4, -0.2) is 174 Å². The largest absolute Gasteiger partial charge is 0.508 e.